The fraction of sp³-hybridized carbons (Fsp3) is 0.520. The summed E-state index contributed by atoms with van der Waals surface area (Å²) in [7, 11) is 2.74. The Morgan fingerprint density at radius 2 is 1.67 bits per heavy atom. The molecule has 3 rings (SSSR count). The van der Waals surface area contributed by atoms with Crippen LogP contribution in [0.1, 0.15) is 81.5 Å². The Morgan fingerprint density at radius 3 is 2.30 bits per heavy atom. The minimum Gasteiger partial charge on any atom is -0.494 e. The first-order valence-electron chi connectivity index (χ1n) is 11.7. The van der Waals surface area contributed by atoms with Crippen molar-refractivity contribution in [3.8, 4) is 5.88 Å². The Bertz CT molecular complexity index is 1140. The number of hydrazone groups is 1. The van der Waals surface area contributed by atoms with Crippen molar-refractivity contribution < 1.29 is 9.90 Å². The first-order valence-corrected chi connectivity index (χ1v) is 11.7. The van der Waals surface area contributed by atoms with E-state index in [1.807, 2.05) is 12.1 Å². The molecule has 0 saturated heterocycles. The number of hydrogen-bond acceptors (Lipinski definition) is 5. The zero-order valence-electron chi connectivity index (χ0n) is 20.0. The number of carbonyl (C=O) groups is 1. The van der Waals surface area contributed by atoms with Gasteiger partial charge in [0.1, 0.15) is 5.56 Å². The van der Waals surface area contributed by atoms with E-state index < -0.39 is 17.1 Å². The van der Waals surface area contributed by atoms with E-state index in [1.165, 1.54) is 63.7 Å². The van der Waals surface area contributed by atoms with Crippen LogP contribution in [0.15, 0.2) is 39.0 Å². The van der Waals surface area contributed by atoms with Crippen LogP contribution >= 0.6 is 0 Å². The summed E-state index contributed by atoms with van der Waals surface area (Å²) < 4.78 is 1.93. The van der Waals surface area contributed by atoms with E-state index in [2.05, 4.69) is 24.2 Å². The van der Waals surface area contributed by atoms with Crippen LogP contribution in [0, 0.1) is 0 Å². The van der Waals surface area contributed by atoms with Gasteiger partial charge in [0.2, 0.25) is 11.8 Å². The largest absolute Gasteiger partial charge is 0.494 e. The highest BCUT2D eigenvalue weighted by Gasteiger charge is 2.34. The molecule has 0 saturated carbocycles. The van der Waals surface area contributed by atoms with Gasteiger partial charge >= 0.3 is 5.69 Å². The Balaban J connectivity index is 1.78. The molecular formula is C25H34N4O4. The molecule has 0 bridgehead atoms. The van der Waals surface area contributed by atoms with Gasteiger partial charge < -0.3 is 5.11 Å². The van der Waals surface area contributed by atoms with Gasteiger partial charge in [-0.15, -0.1) is 0 Å². The molecule has 0 spiro atoms. The fourth-order valence-corrected chi connectivity index (χ4v) is 4.31. The molecule has 1 amide bonds. The Labute approximate surface area is 194 Å². The van der Waals surface area contributed by atoms with Crippen molar-refractivity contribution >= 4 is 11.6 Å². The summed E-state index contributed by atoms with van der Waals surface area (Å²) in [6.45, 7) is 3.64. The van der Waals surface area contributed by atoms with E-state index in [0.29, 0.717) is 5.71 Å². The molecule has 2 heterocycles. The predicted octanol–water partition coefficient (Wildman–Crippen LogP) is 3.39. The van der Waals surface area contributed by atoms with E-state index in [4.69, 9.17) is 0 Å². The lowest BCUT2D eigenvalue weighted by Gasteiger charge is -2.20. The molecule has 178 valence electrons. The second kappa shape index (κ2) is 10.6. The maximum Gasteiger partial charge on any atom is 0.333 e. The molecule has 2 aromatic rings. The number of aromatic nitrogens is 2. The SMILES string of the molecule is CCCCCCCCc1ccc(C2CC(c3c(O)n(C)c(=O)n(C)c3=O)=NN2C(C)=O)cc1. The van der Waals surface area contributed by atoms with E-state index in [0.717, 1.165) is 27.5 Å². The molecule has 8 heteroatoms. The normalized spacial score (nSPS) is 15.7. The highest BCUT2D eigenvalue weighted by molar-refractivity contribution is 6.04. The average Bonchev–Trinajstić information content (AvgIpc) is 3.24. The number of unbranched alkanes of at least 4 members (excludes halogenated alkanes) is 5. The number of hydrogen-bond donors (Lipinski definition) is 1. The summed E-state index contributed by atoms with van der Waals surface area (Å²) in [6.07, 6.45) is 8.83. The first kappa shape index (κ1) is 24.5. The van der Waals surface area contributed by atoms with Crippen LogP contribution in [0.3, 0.4) is 0 Å². The molecule has 0 fully saturated rings. The summed E-state index contributed by atoms with van der Waals surface area (Å²) in [6, 6.07) is 7.80. The van der Waals surface area contributed by atoms with Crippen molar-refractivity contribution in [3.05, 3.63) is 61.8 Å². The Kier molecular flexibility index (Phi) is 7.89. The molecule has 33 heavy (non-hydrogen) atoms. The highest BCUT2D eigenvalue weighted by Crippen LogP contribution is 2.33. The van der Waals surface area contributed by atoms with Crippen molar-refractivity contribution in [3.63, 3.8) is 0 Å². The summed E-state index contributed by atoms with van der Waals surface area (Å²) in [5, 5.41) is 16.2. The number of aryl methyl sites for hydroxylation is 1. The van der Waals surface area contributed by atoms with Gasteiger partial charge in [0.05, 0.1) is 11.8 Å². The third-order valence-electron chi connectivity index (χ3n) is 6.34. The van der Waals surface area contributed by atoms with Crippen LogP contribution in [0.5, 0.6) is 5.88 Å². The summed E-state index contributed by atoms with van der Waals surface area (Å²) >= 11 is 0. The smallest absolute Gasteiger partial charge is 0.333 e. The van der Waals surface area contributed by atoms with Crippen LogP contribution in [-0.4, -0.2) is 30.9 Å². The van der Waals surface area contributed by atoms with Gasteiger partial charge in [-0.3, -0.25) is 18.7 Å². The average molecular weight is 455 g/mol. The monoisotopic (exact) mass is 454 g/mol. The molecule has 0 aliphatic carbocycles. The molecule has 1 unspecified atom stereocenters. The quantitative estimate of drug-likeness (QED) is 0.588. The molecule has 1 atom stereocenters. The molecule has 0 radical (unpaired) electrons. The number of aromatic hydroxyl groups is 1. The minimum atomic E-state index is -0.632. The van der Waals surface area contributed by atoms with Gasteiger partial charge in [-0.2, -0.15) is 5.10 Å². The van der Waals surface area contributed by atoms with E-state index in [9.17, 15) is 19.5 Å². The number of rotatable bonds is 9. The Morgan fingerprint density at radius 1 is 1.03 bits per heavy atom. The van der Waals surface area contributed by atoms with E-state index in [-0.39, 0.29) is 23.9 Å². The number of carbonyl (C=O) groups excluding carboxylic acids is 1. The van der Waals surface area contributed by atoms with Crippen LogP contribution in [-0.2, 0) is 25.3 Å². The molecule has 1 N–H and O–H groups in total. The summed E-state index contributed by atoms with van der Waals surface area (Å²) in [4.78, 5) is 37.1. The van der Waals surface area contributed by atoms with Crippen LogP contribution in [0.4, 0.5) is 0 Å². The predicted molar refractivity (Wildman–Crippen MR) is 129 cm³/mol. The maximum atomic E-state index is 12.7. The lowest BCUT2D eigenvalue weighted by atomic mass is 9.97. The molecular weight excluding hydrogens is 420 g/mol. The van der Waals surface area contributed by atoms with Gasteiger partial charge in [-0.25, -0.2) is 9.80 Å². The lowest BCUT2D eigenvalue weighted by Crippen LogP contribution is -2.39. The topological polar surface area (TPSA) is 96.9 Å². The highest BCUT2D eigenvalue weighted by atomic mass is 16.3. The first-order chi connectivity index (χ1) is 15.8. The summed E-state index contributed by atoms with van der Waals surface area (Å²) in [5.74, 6) is -0.701. The van der Waals surface area contributed by atoms with Crippen molar-refractivity contribution in [2.45, 2.75) is 71.3 Å². The second-order valence-corrected chi connectivity index (χ2v) is 8.79. The van der Waals surface area contributed by atoms with Gasteiger partial charge in [-0.05, 0) is 24.0 Å². The zero-order valence-corrected chi connectivity index (χ0v) is 20.0. The van der Waals surface area contributed by atoms with E-state index in [1.54, 1.807) is 0 Å². The maximum absolute atomic E-state index is 12.7. The minimum absolute atomic E-state index is 0.0481. The third-order valence-corrected chi connectivity index (χ3v) is 6.34. The van der Waals surface area contributed by atoms with Crippen molar-refractivity contribution in [1.29, 1.82) is 0 Å². The third kappa shape index (κ3) is 5.26. The molecule has 1 aromatic heterocycles. The van der Waals surface area contributed by atoms with Crippen molar-refractivity contribution in [2.24, 2.45) is 19.2 Å². The fourth-order valence-electron chi connectivity index (χ4n) is 4.31. The standard InChI is InChI=1S/C25H34N4O4/c1-5-6-7-8-9-10-11-18-12-14-19(15-13-18)21-16-20(26-29(21)17(2)30)22-23(31)27(3)25(33)28(4)24(22)32/h12-15,21,31H,5-11,16H2,1-4H3. The van der Waals surface area contributed by atoms with Gasteiger partial charge in [0.15, 0.2) is 0 Å². The molecule has 1 aromatic carbocycles. The van der Waals surface area contributed by atoms with Crippen LogP contribution < -0.4 is 11.2 Å². The molecule has 1 aliphatic rings. The van der Waals surface area contributed by atoms with E-state index >= 15 is 0 Å². The van der Waals surface area contributed by atoms with Crippen molar-refractivity contribution in [1.82, 2.24) is 14.1 Å². The lowest BCUT2D eigenvalue weighted by molar-refractivity contribution is -0.130. The number of benzene rings is 1. The van der Waals surface area contributed by atoms with Crippen molar-refractivity contribution in [2.75, 3.05) is 0 Å². The summed E-state index contributed by atoms with van der Waals surface area (Å²) in [5.41, 5.74) is 1.16. The second-order valence-electron chi connectivity index (χ2n) is 8.79. The number of amides is 1. The van der Waals surface area contributed by atoms with Crippen LogP contribution in [0.2, 0.25) is 0 Å². The van der Waals surface area contributed by atoms with Gasteiger partial charge in [-0.1, -0.05) is 63.3 Å². The zero-order chi connectivity index (χ0) is 24.1. The molecule has 8 nitrogen and oxygen atoms in total. The number of nitrogens with zero attached hydrogens (tertiary/aromatic N) is 4. The molecule has 1 aliphatic heterocycles. The van der Waals surface area contributed by atoms with Gasteiger partial charge in [0, 0.05) is 27.4 Å². The Hall–Kier alpha value is -3.16. The van der Waals surface area contributed by atoms with Crippen LogP contribution in [0.25, 0.3) is 0 Å². The van der Waals surface area contributed by atoms with Gasteiger partial charge in [0.25, 0.3) is 5.56 Å².